The van der Waals surface area contributed by atoms with Gasteiger partial charge in [-0.25, -0.2) is 4.39 Å². The van der Waals surface area contributed by atoms with Crippen molar-refractivity contribution in [1.29, 1.82) is 0 Å². The predicted molar refractivity (Wildman–Crippen MR) is 116 cm³/mol. The van der Waals surface area contributed by atoms with Crippen LogP contribution in [0.15, 0.2) is 54.1 Å². The summed E-state index contributed by atoms with van der Waals surface area (Å²) in [6.07, 6.45) is 0. The molecule has 33 heavy (non-hydrogen) atoms. The van der Waals surface area contributed by atoms with Gasteiger partial charge in [-0.1, -0.05) is 0 Å². The van der Waals surface area contributed by atoms with Gasteiger partial charge in [-0.15, -0.1) is 0 Å². The number of nitro groups is 1. The van der Waals surface area contributed by atoms with E-state index < -0.39 is 34.2 Å². The molecule has 172 valence electrons. The summed E-state index contributed by atoms with van der Waals surface area (Å²) in [5, 5.41) is 22.0. The zero-order chi connectivity index (χ0) is 23.5. The zero-order valence-electron chi connectivity index (χ0n) is 17.6. The van der Waals surface area contributed by atoms with Crippen molar-refractivity contribution in [2.75, 3.05) is 39.4 Å². The fraction of sp³-hybridized carbons (Fsp3) is 0.304. The van der Waals surface area contributed by atoms with E-state index in [0.717, 1.165) is 12.1 Å². The first-order valence-electron chi connectivity index (χ1n) is 10.5. The molecule has 0 saturated carbocycles. The first kappa shape index (κ1) is 22.6. The van der Waals surface area contributed by atoms with Crippen molar-refractivity contribution < 1.29 is 28.7 Å². The Labute approximate surface area is 188 Å². The highest BCUT2D eigenvalue weighted by atomic mass is 19.1. The number of benzene rings is 2. The number of nitro benzene ring substituents is 1. The van der Waals surface area contributed by atoms with Crippen LogP contribution in [0.5, 0.6) is 0 Å². The number of halogens is 1. The molecule has 10 heteroatoms. The molecule has 0 aromatic heterocycles. The second-order valence-electron chi connectivity index (χ2n) is 7.80. The Balaban J connectivity index is 1.74. The fourth-order valence-corrected chi connectivity index (χ4v) is 4.07. The summed E-state index contributed by atoms with van der Waals surface area (Å²) in [5.41, 5.74) is 0.366. The normalized spacial score (nSPS) is 20.9. The molecule has 2 fully saturated rings. The summed E-state index contributed by atoms with van der Waals surface area (Å²) in [7, 11) is 0. The number of nitrogens with zero attached hydrogens (tertiary/aromatic N) is 3. The highest BCUT2D eigenvalue weighted by Gasteiger charge is 2.46. The van der Waals surface area contributed by atoms with Crippen LogP contribution < -0.4 is 0 Å². The van der Waals surface area contributed by atoms with Crippen molar-refractivity contribution in [1.82, 2.24) is 9.80 Å². The summed E-state index contributed by atoms with van der Waals surface area (Å²) in [6.45, 7) is 3.26. The molecule has 0 bridgehead atoms. The molecule has 0 radical (unpaired) electrons. The number of likely N-dealkylation sites (tertiary alicyclic amines) is 1. The van der Waals surface area contributed by atoms with E-state index in [2.05, 4.69) is 4.90 Å². The number of ketones is 1. The number of non-ortho nitro benzene ring substituents is 1. The molecule has 2 aromatic rings. The Morgan fingerprint density at radius 2 is 1.70 bits per heavy atom. The maximum atomic E-state index is 13.4. The summed E-state index contributed by atoms with van der Waals surface area (Å²) in [4.78, 5) is 39.9. The lowest BCUT2D eigenvalue weighted by Gasteiger charge is -2.31. The van der Waals surface area contributed by atoms with Crippen LogP contribution in [0.4, 0.5) is 10.1 Å². The fourth-order valence-electron chi connectivity index (χ4n) is 4.07. The minimum atomic E-state index is -0.933. The number of ether oxygens (including phenoxy) is 1. The number of hydrogen-bond donors (Lipinski definition) is 1. The van der Waals surface area contributed by atoms with Crippen molar-refractivity contribution in [2.24, 2.45) is 0 Å². The van der Waals surface area contributed by atoms with Gasteiger partial charge in [-0.2, -0.15) is 0 Å². The number of morpholine rings is 1. The molecular weight excluding hydrogens is 433 g/mol. The van der Waals surface area contributed by atoms with Gasteiger partial charge in [0.05, 0.1) is 29.8 Å². The van der Waals surface area contributed by atoms with Crippen molar-refractivity contribution in [2.45, 2.75) is 6.04 Å². The van der Waals surface area contributed by atoms with E-state index in [1.807, 2.05) is 0 Å². The summed E-state index contributed by atoms with van der Waals surface area (Å²) >= 11 is 0. The van der Waals surface area contributed by atoms with Crippen molar-refractivity contribution >= 4 is 23.1 Å². The zero-order valence-corrected chi connectivity index (χ0v) is 17.6. The Kier molecular flexibility index (Phi) is 6.47. The smallest absolute Gasteiger partial charge is 0.295 e. The van der Waals surface area contributed by atoms with E-state index in [0.29, 0.717) is 38.4 Å². The summed E-state index contributed by atoms with van der Waals surface area (Å²) < 4.78 is 18.7. The molecule has 9 nitrogen and oxygen atoms in total. The van der Waals surface area contributed by atoms with Gasteiger partial charge in [0.1, 0.15) is 11.6 Å². The number of carbonyl (C=O) groups excluding carboxylic acids is 2. The second-order valence-corrected chi connectivity index (χ2v) is 7.80. The molecule has 1 atom stereocenters. The predicted octanol–water partition coefficient (Wildman–Crippen LogP) is 2.49. The molecule has 1 unspecified atom stereocenters. The molecule has 2 aliphatic rings. The van der Waals surface area contributed by atoms with E-state index in [9.17, 15) is 29.2 Å². The lowest BCUT2D eigenvalue weighted by Crippen LogP contribution is -2.42. The molecule has 1 amide bonds. The molecule has 1 N–H and O–H groups in total. The van der Waals surface area contributed by atoms with Gasteiger partial charge >= 0.3 is 0 Å². The van der Waals surface area contributed by atoms with E-state index in [1.54, 1.807) is 0 Å². The number of Topliss-reactive ketones (excluding diaryl/α,β-unsaturated/α-hetero) is 1. The van der Waals surface area contributed by atoms with Gasteiger partial charge in [0.25, 0.3) is 17.4 Å². The number of carbonyl (C=O) groups is 2. The Morgan fingerprint density at radius 3 is 2.30 bits per heavy atom. The molecule has 0 aliphatic carbocycles. The highest BCUT2D eigenvalue weighted by Crippen LogP contribution is 2.39. The number of aliphatic hydroxyl groups is 1. The van der Waals surface area contributed by atoms with Crippen molar-refractivity contribution in [3.8, 4) is 0 Å². The van der Waals surface area contributed by atoms with E-state index in [-0.39, 0.29) is 23.4 Å². The quantitative estimate of drug-likeness (QED) is 0.234. The standard InChI is InChI=1S/C23H22FN3O6/c24-17-5-1-16(2-6-17)21(28)19-20(15-3-7-18(8-4-15)27(31)32)26(23(30)22(19)29)10-9-25-11-13-33-14-12-25/h1-8,20,28H,9-14H2. The molecule has 4 rings (SSSR count). The Morgan fingerprint density at radius 1 is 1.06 bits per heavy atom. The largest absolute Gasteiger partial charge is 0.507 e. The van der Waals surface area contributed by atoms with Crippen LogP contribution in [0.2, 0.25) is 0 Å². The average Bonchev–Trinajstić information content (AvgIpc) is 3.08. The molecule has 2 saturated heterocycles. The minimum absolute atomic E-state index is 0.137. The maximum absolute atomic E-state index is 13.4. The van der Waals surface area contributed by atoms with E-state index >= 15 is 0 Å². The summed E-state index contributed by atoms with van der Waals surface area (Å²) in [6, 6.07) is 9.50. The minimum Gasteiger partial charge on any atom is -0.507 e. The van der Waals surface area contributed by atoms with E-state index in [1.165, 1.54) is 41.3 Å². The molecule has 0 spiro atoms. The topological polar surface area (TPSA) is 113 Å². The van der Waals surface area contributed by atoms with Gasteiger partial charge in [0.15, 0.2) is 0 Å². The first-order valence-corrected chi connectivity index (χ1v) is 10.5. The lowest BCUT2D eigenvalue weighted by molar-refractivity contribution is -0.384. The Hall–Kier alpha value is -3.63. The molecule has 2 aromatic carbocycles. The van der Waals surface area contributed by atoms with Crippen LogP contribution in [-0.2, 0) is 14.3 Å². The highest BCUT2D eigenvalue weighted by molar-refractivity contribution is 6.46. The van der Waals surface area contributed by atoms with Crippen LogP contribution in [0.1, 0.15) is 17.2 Å². The number of rotatable bonds is 6. The third kappa shape index (κ3) is 4.62. The molecule has 2 aliphatic heterocycles. The first-order chi connectivity index (χ1) is 15.9. The number of aliphatic hydroxyl groups excluding tert-OH is 1. The van der Waals surface area contributed by atoms with Crippen LogP contribution in [0, 0.1) is 15.9 Å². The third-order valence-corrected chi connectivity index (χ3v) is 5.84. The van der Waals surface area contributed by atoms with Gasteiger partial charge in [0.2, 0.25) is 0 Å². The average molecular weight is 455 g/mol. The van der Waals surface area contributed by atoms with Crippen LogP contribution in [0.25, 0.3) is 5.76 Å². The van der Waals surface area contributed by atoms with Gasteiger partial charge in [-0.3, -0.25) is 24.6 Å². The number of amides is 1. The summed E-state index contributed by atoms with van der Waals surface area (Å²) in [5.74, 6) is -2.56. The van der Waals surface area contributed by atoms with E-state index in [4.69, 9.17) is 4.74 Å². The van der Waals surface area contributed by atoms with Gasteiger partial charge < -0.3 is 14.7 Å². The van der Waals surface area contributed by atoms with Crippen LogP contribution in [-0.4, -0.2) is 70.9 Å². The van der Waals surface area contributed by atoms with Crippen LogP contribution in [0.3, 0.4) is 0 Å². The van der Waals surface area contributed by atoms with Crippen molar-refractivity contribution in [3.63, 3.8) is 0 Å². The lowest BCUT2D eigenvalue weighted by atomic mass is 9.95. The third-order valence-electron chi connectivity index (χ3n) is 5.84. The molecular formula is C23H22FN3O6. The number of hydrogen-bond acceptors (Lipinski definition) is 7. The van der Waals surface area contributed by atoms with Gasteiger partial charge in [0, 0.05) is 43.9 Å². The van der Waals surface area contributed by atoms with Crippen LogP contribution >= 0.6 is 0 Å². The van der Waals surface area contributed by atoms with Gasteiger partial charge in [-0.05, 0) is 42.0 Å². The maximum Gasteiger partial charge on any atom is 0.295 e. The van der Waals surface area contributed by atoms with Crippen molar-refractivity contribution in [3.05, 3.63) is 81.2 Å². The Bertz CT molecular complexity index is 1090. The monoisotopic (exact) mass is 455 g/mol. The second kappa shape index (κ2) is 9.47. The SMILES string of the molecule is O=C1C(=O)N(CCN2CCOCC2)C(c2ccc([N+](=O)[O-])cc2)C1=C(O)c1ccc(F)cc1. The molecule has 2 heterocycles.